The van der Waals surface area contributed by atoms with Gasteiger partial charge in [-0.15, -0.1) is 11.8 Å². The smallest absolute Gasteiger partial charge is 0.507 e. The fraction of sp³-hybridized carbons (Fsp3) is 0.265. The molecule has 3 N–H and O–H groups in total. The molecular weight excluding hydrogens is 657 g/mol. The van der Waals surface area contributed by atoms with Gasteiger partial charge in [-0.1, -0.05) is 37.6 Å². The van der Waals surface area contributed by atoms with Gasteiger partial charge in [0, 0.05) is 10.5 Å². The largest absolute Gasteiger partial charge is 0.513 e. The number of alkyl halides is 3. The average molecular weight is 689 g/mol. The molecule has 14 heteroatoms. The number of allylic oxidation sites excluding steroid dienone is 2. The molecule has 0 radical (unpaired) electrons. The average Bonchev–Trinajstić information content (AvgIpc) is 3.52. The van der Waals surface area contributed by atoms with Crippen LogP contribution in [0.2, 0.25) is 0 Å². The second-order valence-electron chi connectivity index (χ2n) is 10.4. The van der Waals surface area contributed by atoms with Gasteiger partial charge in [-0.2, -0.15) is 13.2 Å². The highest BCUT2D eigenvalue weighted by atomic mass is 32.2. The molecule has 0 aliphatic heterocycles. The number of carbonyl (C=O) groups is 2. The number of Topliss-reactive ketones (excluding diaryl/α,β-unsaturated/α-hetero) is 1. The van der Waals surface area contributed by atoms with E-state index in [0.29, 0.717) is 41.4 Å². The highest BCUT2D eigenvalue weighted by Gasteiger charge is 2.34. The van der Waals surface area contributed by atoms with E-state index in [-0.39, 0.29) is 40.4 Å². The molecule has 0 bridgehead atoms. The number of hydrogen-bond acceptors (Lipinski definition) is 10. The summed E-state index contributed by atoms with van der Waals surface area (Å²) in [4.78, 5) is 35.5. The van der Waals surface area contributed by atoms with Crippen LogP contribution >= 0.6 is 11.8 Å². The third-order valence-corrected chi connectivity index (χ3v) is 8.11. The van der Waals surface area contributed by atoms with Crippen molar-refractivity contribution in [2.45, 2.75) is 55.5 Å². The number of carboxylic acid groups (broad SMARTS) is 1. The van der Waals surface area contributed by atoms with Crippen LogP contribution in [0.1, 0.15) is 60.0 Å². The normalized spacial score (nSPS) is 13.3. The predicted molar refractivity (Wildman–Crippen MR) is 170 cm³/mol. The Balaban J connectivity index is 1.51. The van der Waals surface area contributed by atoms with Crippen molar-refractivity contribution in [2.24, 2.45) is 0 Å². The van der Waals surface area contributed by atoms with Gasteiger partial charge in [0.05, 0.1) is 34.4 Å². The number of benzene rings is 2. The van der Waals surface area contributed by atoms with Crippen LogP contribution in [0.15, 0.2) is 91.6 Å². The topological polar surface area (TPSA) is 157 Å². The Kier molecular flexibility index (Phi) is 11.8. The SMILES string of the molecule is CCCc1c(OCC/C=C\C=C\[C@H](Sc2ccc3c(=O)cc(OC(=O)O)oc3c2)[C@H](O)c2cc(C(F)(F)F)co2)ccc(C(C)=O)c1O. The number of aliphatic hydroxyl groups is 1. The number of phenolic OH excluding ortho intramolecular Hbond substituents is 1. The fourth-order valence-corrected chi connectivity index (χ4v) is 5.69. The number of hydrogen-bond donors (Lipinski definition) is 3. The van der Waals surface area contributed by atoms with E-state index in [1.807, 2.05) is 6.92 Å². The van der Waals surface area contributed by atoms with Gasteiger partial charge >= 0.3 is 12.3 Å². The maximum atomic E-state index is 13.2. The molecule has 254 valence electrons. The maximum Gasteiger partial charge on any atom is 0.513 e. The first-order chi connectivity index (χ1) is 22.8. The van der Waals surface area contributed by atoms with Crippen molar-refractivity contribution >= 4 is 34.7 Å². The van der Waals surface area contributed by atoms with Gasteiger partial charge in [-0.05, 0) is 56.2 Å². The lowest BCUT2D eigenvalue weighted by atomic mass is 10.0. The molecule has 2 heterocycles. The zero-order valence-corrected chi connectivity index (χ0v) is 26.5. The van der Waals surface area contributed by atoms with Crippen LogP contribution in [0.5, 0.6) is 17.4 Å². The van der Waals surface area contributed by atoms with Crippen molar-refractivity contribution in [3.63, 3.8) is 0 Å². The summed E-state index contributed by atoms with van der Waals surface area (Å²) in [6.07, 6.45) is 0.843. The van der Waals surface area contributed by atoms with Crippen LogP contribution < -0.4 is 14.9 Å². The van der Waals surface area contributed by atoms with Gasteiger partial charge in [0.2, 0.25) is 0 Å². The van der Waals surface area contributed by atoms with Gasteiger partial charge in [0.15, 0.2) is 11.2 Å². The highest BCUT2D eigenvalue weighted by Crippen LogP contribution is 2.38. The number of furan rings is 1. The van der Waals surface area contributed by atoms with Gasteiger partial charge in [-0.3, -0.25) is 9.59 Å². The van der Waals surface area contributed by atoms with Crippen molar-refractivity contribution in [1.82, 2.24) is 0 Å². The molecule has 2 aromatic carbocycles. The molecule has 0 unspecified atom stereocenters. The zero-order valence-electron chi connectivity index (χ0n) is 25.7. The second kappa shape index (κ2) is 15.8. The van der Waals surface area contributed by atoms with Crippen LogP contribution in [-0.2, 0) is 12.6 Å². The molecule has 0 spiro atoms. The number of aromatic hydroxyl groups is 1. The lowest BCUT2D eigenvalue weighted by molar-refractivity contribution is -0.137. The summed E-state index contributed by atoms with van der Waals surface area (Å²) in [5.74, 6) is -0.758. The predicted octanol–water partition coefficient (Wildman–Crippen LogP) is 8.10. The Hall–Kier alpha value is -4.95. The van der Waals surface area contributed by atoms with Gasteiger partial charge in [0.25, 0.3) is 5.95 Å². The van der Waals surface area contributed by atoms with E-state index >= 15 is 0 Å². The third-order valence-electron chi connectivity index (χ3n) is 6.90. The number of ether oxygens (including phenoxy) is 2. The molecule has 10 nitrogen and oxygen atoms in total. The van der Waals surface area contributed by atoms with Crippen molar-refractivity contribution in [1.29, 1.82) is 0 Å². The van der Waals surface area contributed by atoms with Gasteiger partial charge in [-0.25, -0.2) is 4.79 Å². The van der Waals surface area contributed by atoms with E-state index in [4.69, 9.17) is 18.7 Å². The molecule has 0 saturated heterocycles. The highest BCUT2D eigenvalue weighted by molar-refractivity contribution is 8.00. The van der Waals surface area contributed by atoms with Crippen LogP contribution in [0, 0.1) is 0 Å². The first-order valence-corrected chi connectivity index (χ1v) is 15.5. The minimum absolute atomic E-state index is 0.00966. The molecule has 0 fully saturated rings. The molecule has 2 atom stereocenters. The van der Waals surface area contributed by atoms with Crippen LogP contribution in [0.4, 0.5) is 18.0 Å². The number of rotatable bonds is 14. The third kappa shape index (κ3) is 9.10. The molecular formula is C34H31F3O10S. The van der Waals surface area contributed by atoms with E-state index < -0.39 is 40.6 Å². The standard InChI is InChI=1S/C34H31F3O10S/c1-3-8-24-26(13-12-22(19(2)38)31(24)40)44-14-7-5-4-6-9-29(32(41)28-15-20(18-45-28)34(35,36)37)48-21-10-11-23-25(39)17-30(47-33(42)43)46-27(23)16-21/h4-6,9-13,15-18,29,32,40-41H,3,7-8,14H2,1-2H3,(H,42,43)/b5-4-,9-6+/t29-,32+/m0/s1. The number of ketones is 1. The van der Waals surface area contributed by atoms with Crippen molar-refractivity contribution < 1.29 is 56.4 Å². The Labute approximate surface area is 276 Å². The quantitative estimate of drug-likeness (QED) is 0.0387. The molecule has 48 heavy (non-hydrogen) atoms. The van der Waals surface area contributed by atoms with Crippen LogP contribution in [-0.4, -0.2) is 39.1 Å². The molecule has 0 amide bonds. The van der Waals surface area contributed by atoms with E-state index in [0.717, 1.165) is 24.2 Å². The number of carbonyl (C=O) groups excluding carboxylic acids is 1. The zero-order chi connectivity index (χ0) is 35.0. The Bertz CT molecular complexity index is 1890. The molecule has 0 saturated carbocycles. The number of aliphatic hydroxyl groups excluding tert-OH is 1. The van der Waals surface area contributed by atoms with E-state index in [1.165, 1.54) is 25.1 Å². The second-order valence-corrected chi connectivity index (χ2v) is 11.7. The first kappa shape index (κ1) is 35.9. The Morgan fingerprint density at radius 2 is 1.88 bits per heavy atom. The molecule has 0 aliphatic rings. The summed E-state index contributed by atoms with van der Waals surface area (Å²) in [5.41, 5.74) is -0.858. The summed E-state index contributed by atoms with van der Waals surface area (Å²) >= 11 is 1.02. The lowest BCUT2D eigenvalue weighted by Crippen LogP contribution is -2.12. The fourth-order valence-electron chi connectivity index (χ4n) is 4.62. The van der Waals surface area contributed by atoms with Gasteiger partial charge < -0.3 is 33.6 Å². The summed E-state index contributed by atoms with van der Waals surface area (Å²) in [6, 6.07) is 9.12. The van der Waals surface area contributed by atoms with E-state index in [2.05, 4.69) is 4.74 Å². The number of halogens is 3. The molecule has 4 aromatic rings. The van der Waals surface area contributed by atoms with Crippen molar-refractivity contribution in [2.75, 3.05) is 6.61 Å². The van der Waals surface area contributed by atoms with Crippen molar-refractivity contribution in [3.8, 4) is 17.4 Å². The summed E-state index contributed by atoms with van der Waals surface area (Å²) in [7, 11) is 0. The number of thioether (sulfide) groups is 1. The van der Waals surface area contributed by atoms with Crippen LogP contribution in [0.25, 0.3) is 11.0 Å². The molecule has 2 aromatic heterocycles. The molecule has 0 aliphatic carbocycles. The Morgan fingerprint density at radius 3 is 2.54 bits per heavy atom. The monoisotopic (exact) mass is 688 g/mol. The minimum atomic E-state index is -4.68. The number of phenols is 1. The van der Waals surface area contributed by atoms with Gasteiger partial charge in [0.1, 0.15) is 35.2 Å². The molecule has 4 rings (SSSR count). The lowest BCUT2D eigenvalue weighted by Gasteiger charge is -2.18. The number of fused-ring (bicyclic) bond motifs is 1. The van der Waals surface area contributed by atoms with Crippen LogP contribution in [0.3, 0.4) is 0 Å². The summed E-state index contributed by atoms with van der Waals surface area (Å²) in [6.45, 7) is 3.55. The summed E-state index contributed by atoms with van der Waals surface area (Å²) in [5, 5.41) is 29.7. The minimum Gasteiger partial charge on any atom is -0.507 e. The summed E-state index contributed by atoms with van der Waals surface area (Å²) < 4.78 is 60.3. The van der Waals surface area contributed by atoms with Crippen molar-refractivity contribution in [3.05, 3.63) is 106 Å². The Morgan fingerprint density at radius 1 is 1.10 bits per heavy atom. The van der Waals surface area contributed by atoms with E-state index in [1.54, 1.807) is 36.4 Å². The first-order valence-electron chi connectivity index (χ1n) is 14.6. The van der Waals surface area contributed by atoms with E-state index in [9.17, 15) is 37.8 Å². The maximum absolute atomic E-state index is 13.2.